The van der Waals surface area contributed by atoms with Gasteiger partial charge in [-0.1, -0.05) is 66.4 Å². The van der Waals surface area contributed by atoms with Gasteiger partial charge in [-0.2, -0.15) is 13.2 Å². The highest BCUT2D eigenvalue weighted by Crippen LogP contribution is 2.44. The van der Waals surface area contributed by atoms with Crippen molar-refractivity contribution >= 4 is 53.8 Å². The molecule has 312 valence electrons. The van der Waals surface area contributed by atoms with E-state index in [4.69, 9.17) is 14.9 Å². The second kappa shape index (κ2) is 23.9. The summed E-state index contributed by atoms with van der Waals surface area (Å²) < 4.78 is 43.3. The van der Waals surface area contributed by atoms with Gasteiger partial charge in [0.25, 0.3) is 0 Å². The number of piperazine rings is 1. The van der Waals surface area contributed by atoms with Gasteiger partial charge in [0.1, 0.15) is 6.61 Å². The Balaban J connectivity index is 0.000000258. The summed E-state index contributed by atoms with van der Waals surface area (Å²) in [4.78, 5) is 40.2. The molecule has 0 bridgehead atoms. The molecule has 2 atom stereocenters. The first-order valence-electron chi connectivity index (χ1n) is 18.4. The number of nitrogens with zero attached hydrogens (tertiary/aromatic N) is 2. The molecule has 2 unspecified atom stereocenters. The van der Waals surface area contributed by atoms with Crippen LogP contribution >= 0.6 is 35.9 Å². The highest BCUT2D eigenvalue weighted by Gasteiger charge is 2.31. The van der Waals surface area contributed by atoms with Crippen LogP contribution in [0.5, 0.6) is 0 Å². The van der Waals surface area contributed by atoms with E-state index in [1.165, 1.54) is 45.0 Å². The Bertz CT molecular complexity index is 1950. The Morgan fingerprint density at radius 1 is 0.897 bits per heavy atom. The van der Waals surface area contributed by atoms with Crippen molar-refractivity contribution in [2.45, 2.75) is 52.7 Å². The fraction of sp³-hybridized carbons (Fsp3) is 0.326. The molecule has 2 aliphatic heterocycles. The molecule has 0 amide bonds. The molecule has 3 N–H and O–H groups in total. The maximum absolute atomic E-state index is 12.7. The van der Waals surface area contributed by atoms with Crippen molar-refractivity contribution in [2.24, 2.45) is 0 Å². The summed E-state index contributed by atoms with van der Waals surface area (Å²) in [5.41, 5.74) is 3.46. The van der Waals surface area contributed by atoms with Crippen LogP contribution in [0.4, 0.5) is 13.2 Å². The number of hydrogen-bond acceptors (Lipinski definition) is 9. The van der Waals surface area contributed by atoms with Crippen LogP contribution in [-0.4, -0.2) is 96.6 Å². The van der Waals surface area contributed by atoms with Crippen molar-refractivity contribution < 1.29 is 42.5 Å². The monoisotopic (exact) mass is 859 g/mol. The smallest absolute Gasteiger partial charge is 0.416 e. The van der Waals surface area contributed by atoms with Gasteiger partial charge in [-0.25, -0.2) is 14.4 Å². The molecule has 58 heavy (non-hydrogen) atoms. The molecule has 15 heteroatoms. The number of nitrogens with one attached hydrogen (secondary N) is 1. The average molecular weight is 860 g/mol. The largest absolute Gasteiger partial charge is 0.478 e. The number of thioether (sulfide) groups is 1. The van der Waals surface area contributed by atoms with Gasteiger partial charge in [0.15, 0.2) is 0 Å². The molecule has 0 aromatic heterocycles. The van der Waals surface area contributed by atoms with Crippen LogP contribution in [-0.2, 0) is 33.3 Å². The summed E-state index contributed by atoms with van der Waals surface area (Å²) in [6.07, 6.45) is 0.530. The number of hydrogen-bond donors (Lipinski definition) is 3. The molecule has 2 aliphatic rings. The lowest BCUT2D eigenvalue weighted by Crippen LogP contribution is -2.46. The number of rotatable bonds is 11. The van der Waals surface area contributed by atoms with Crippen molar-refractivity contribution in [3.8, 4) is 0 Å². The topological polar surface area (TPSA) is 119 Å². The fourth-order valence-corrected chi connectivity index (χ4v) is 7.79. The predicted molar refractivity (Wildman–Crippen MR) is 225 cm³/mol. The maximum atomic E-state index is 12.7. The van der Waals surface area contributed by atoms with Gasteiger partial charge in [-0.05, 0) is 92.2 Å². The van der Waals surface area contributed by atoms with Gasteiger partial charge in [0, 0.05) is 71.6 Å². The lowest BCUT2D eigenvalue weighted by atomic mass is 9.96. The fourth-order valence-electron chi connectivity index (χ4n) is 6.22. The van der Waals surface area contributed by atoms with Gasteiger partial charge >= 0.3 is 24.1 Å². The predicted octanol–water partition coefficient (Wildman–Crippen LogP) is 8.62. The summed E-state index contributed by atoms with van der Waals surface area (Å²) in [6.45, 7) is 7.16. The van der Waals surface area contributed by atoms with E-state index < -0.39 is 29.6 Å². The molecule has 0 radical (unpaired) electrons. The first kappa shape index (κ1) is 48.1. The van der Waals surface area contributed by atoms with Crippen LogP contribution in [0.3, 0.4) is 0 Å². The summed E-state index contributed by atoms with van der Waals surface area (Å²) in [6, 6.07) is 30.4. The van der Waals surface area contributed by atoms with Crippen LogP contribution in [0, 0.1) is 0 Å². The molecular formula is C43H49ClF3N3O6S2. The molecule has 4 aromatic carbocycles. The van der Waals surface area contributed by atoms with Crippen LogP contribution in [0.1, 0.15) is 45.6 Å². The second-order valence-electron chi connectivity index (χ2n) is 13.4. The number of alkyl halides is 3. The number of fused-ring (bicyclic) bond motifs is 2. The van der Waals surface area contributed by atoms with Gasteiger partial charge in [0.2, 0.25) is 0 Å². The number of likely N-dealkylation sites (N-methyl/N-ethyl adjacent to an activating group) is 1. The van der Waals surface area contributed by atoms with Crippen LogP contribution in [0.15, 0.2) is 124 Å². The lowest BCUT2D eigenvalue weighted by molar-refractivity contribution is -0.137. The molecule has 2 heterocycles. The van der Waals surface area contributed by atoms with E-state index in [0.29, 0.717) is 42.3 Å². The molecule has 1 saturated heterocycles. The third-order valence-corrected chi connectivity index (χ3v) is 11.1. The van der Waals surface area contributed by atoms with E-state index in [-0.39, 0.29) is 25.1 Å². The molecule has 9 nitrogen and oxygen atoms in total. The minimum atomic E-state index is -4.34. The SMILES string of the molecule is CC(Cc1cccc(C(F)(F)F)c1)NCCOC(=O)c1ccccc1.CSc1ccc2c(c1)C(N1CCN(C)CC1)Cc1ccccc1S2.Cl.O=C(O)C=CC(=O)O. The molecule has 0 spiro atoms. The Hall–Kier alpha value is -4.31. The number of carbonyl (C=O) groups is 3. The molecule has 1 fully saturated rings. The number of esters is 1. The Morgan fingerprint density at radius 2 is 1.55 bits per heavy atom. The summed E-state index contributed by atoms with van der Waals surface area (Å²) in [5, 5.41) is 18.8. The van der Waals surface area contributed by atoms with Crippen molar-refractivity contribution in [1.82, 2.24) is 15.1 Å². The van der Waals surface area contributed by atoms with Crippen molar-refractivity contribution in [3.05, 3.63) is 137 Å². The second-order valence-corrected chi connectivity index (χ2v) is 15.4. The summed E-state index contributed by atoms with van der Waals surface area (Å²) in [5.74, 6) is -2.91. The van der Waals surface area contributed by atoms with E-state index in [0.717, 1.165) is 31.6 Å². The van der Waals surface area contributed by atoms with Crippen LogP contribution in [0.2, 0.25) is 0 Å². The standard InChI is InChI=1S/C20H24N2S2.C19H20F3NO2.C4H4O4.ClH/c1-21-9-11-22(12-10-21)18-13-15-5-3-4-6-19(15)24-20-8-7-16(23-2)14-17(18)20;1-14(12-15-6-5-9-17(13-15)19(20,21)22)23-10-11-25-18(24)16-7-3-2-4-8-16;5-3(6)1-2-4(7)8;/h3-8,14,18H,9-13H2,1-2H3;2-9,13-14,23H,10-12H2,1H3;1-2H,(H,5,6)(H,7,8);1H. The Labute approximate surface area is 352 Å². The van der Waals surface area contributed by atoms with E-state index in [2.05, 4.69) is 70.9 Å². The third kappa shape index (κ3) is 15.8. The molecule has 4 aromatic rings. The molecule has 0 saturated carbocycles. The number of benzene rings is 4. The first-order chi connectivity index (χ1) is 27.2. The maximum Gasteiger partial charge on any atom is 0.416 e. The number of carboxylic acids is 2. The van der Waals surface area contributed by atoms with Gasteiger partial charge < -0.3 is 25.2 Å². The number of aliphatic carboxylic acids is 2. The van der Waals surface area contributed by atoms with Crippen LogP contribution in [0.25, 0.3) is 0 Å². The van der Waals surface area contributed by atoms with Crippen molar-refractivity contribution in [1.29, 1.82) is 0 Å². The zero-order valence-corrected chi connectivity index (χ0v) is 34.9. The molecule has 6 rings (SSSR count). The van der Waals surface area contributed by atoms with Gasteiger partial charge in [-0.15, -0.1) is 24.2 Å². The Morgan fingerprint density at radius 3 is 2.19 bits per heavy atom. The number of ether oxygens (including phenoxy) is 1. The minimum Gasteiger partial charge on any atom is -0.478 e. The zero-order chi connectivity index (χ0) is 41.4. The van der Waals surface area contributed by atoms with Gasteiger partial charge in [0.05, 0.1) is 11.1 Å². The normalized spacial score (nSPS) is 15.8. The summed E-state index contributed by atoms with van der Waals surface area (Å²) >= 11 is 3.79. The zero-order valence-electron chi connectivity index (χ0n) is 32.5. The lowest BCUT2D eigenvalue weighted by Gasteiger charge is -2.38. The van der Waals surface area contributed by atoms with Crippen LogP contribution < -0.4 is 5.32 Å². The van der Waals surface area contributed by atoms with E-state index in [1.54, 1.807) is 30.3 Å². The Kier molecular flexibility index (Phi) is 19.8. The van der Waals surface area contributed by atoms with Crippen molar-refractivity contribution in [3.63, 3.8) is 0 Å². The minimum absolute atomic E-state index is 0. The van der Waals surface area contributed by atoms with Crippen molar-refractivity contribution in [2.75, 3.05) is 52.6 Å². The highest BCUT2D eigenvalue weighted by molar-refractivity contribution is 7.99. The number of carboxylic acid groups (broad SMARTS) is 2. The molecule has 0 aliphatic carbocycles. The summed E-state index contributed by atoms with van der Waals surface area (Å²) in [7, 11) is 2.23. The number of halogens is 4. The average Bonchev–Trinajstić information content (AvgIpc) is 3.36. The van der Waals surface area contributed by atoms with E-state index in [9.17, 15) is 27.6 Å². The quantitative estimate of drug-likeness (QED) is 0.0583. The highest BCUT2D eigenvalue weighted by atomic mass is 35.5. The third-order valence-electron chi connectivity index (χ3n) is 9.16. The van der Waals surface area contributed by atoms with E-state index >= 15 is 0 Å². The first-order valence-corrected chi connectivity index (χ1v) is 20.4. The van der Waals surface area contributed by atoms with Gasteiger partial charge in [-0.3, -0.25) is 4.90 Å². The number of carbonyl (C=O) groups excluding carboxylic acids is 1. The molecular weight excluding hydrogens is 811 g/mol. The van der Waals surface area contributed by atoms with E-state index in [1.807, 2.05) is 36.5 Å².